The van der Waals surface area contributed by atoms with Gasteiger partial charge in [-0.25, -0.2) is 4.98 Å². The van der Waals surface area contributed by atoms with E-state index in [9.17, 15) is 32.7 Å². The van der Waals surface area contributed by atoms with Crippen LogP contribution < -0.4 is 21.7 Å². The Balaban J connectivity index is 0.938. The van der Waals surface area contributed by atoms with Crippen LogP contribution >= 0.6 is 11.6 Å². The van der Waals surface area contributed by atoms with Crippen LogP contribution in [0.15, 0.2) is 42.7 Å². The number of amides is 3. The Hall–Kier alpha value is -5.00. The van der Waals surface area contributed by atoms with Gasteiger partial charge in [0.1, 0.15) is 0 Å². The summed E-state index contributed by atoms with van der Waals surface area (Å²) in [5.41, 5.74) is 5.30. The van der Waals surface area contributed by atoms with E-state index in [1.807, 2.05) is 0 Å². The van der Waals surface area contributed by atoms with E-state index in [2.05, 4.69) is 41.1 Å². The van der Waals surface area contributed by atoms with E-state index in [0.29, 0.717) is 42.9 Å². The molecule has 3 amide bonds. The van der Waals surface area contributed by atoms with Crippen molar-refractivity contribution in [1.29, 1.82) is 0 Å². The molecule has 7 rings (SSSR count). The molecule has 1 aliphatic carbocycles. The third-order valence-corrected chi connectivity index (χ3v) is 9.64. The van der Waals surface area contributed by atoms with Crippen LogP contribution in [0.5, 0.6) is 0 Å². The average molecular weight is 713 g/mol. The molecule has 8 N–H and O–H groups in total. The van der Waals surface area contributed by atoms with E-state index in [0.717, 1.165) is 19.0 Å². The van der Waals surface area contributed by atoms with Crippen LogP contribution in [0.2, 0.25) is 5.02 Å². The first-order valence-electron chi connectivity index (χ1n) is 15.8. The fraction of sp³-hybridized carbons (Fsp3) is 0.375. The van der Waals surface area contributed by atoms with Crippen molar-refractivity contribution in [2.45, 2.75) is 50.2 Å². The summed E-state index contributed by atoms with van der Waals surface area (Å²) in [6.45, 7) is 1.52. The van der Waals surface area contributed by atoms with Gasteiger partial charge in [0.15, 0.2) is 11.5 Å². The second-order valence-corrected chi connectivity index (χ2v) is 13.5. The SMILES string of the molecule is Nc1ccc(-c2[nH]nc(C(F)(F)F)c2-c2cnc(C(=O)NCc3ccc(C(=O)N4CC5(CC(NC(=O)[C@@H]6C[C@@H](O)CN6)C5)C4)c(Cl)c3)[nH]2)nc1. The number of hydrogen-bond acceptors (Lipinski definition) is 9. The number of rotatable bonds is 8. The van der Waals surface area contributed by atoms with Gasteiger partial charge in [0.2, 0.25) is 5.91 Å². The van der Waals surface area contributed by atoms with Crippen LogP contribution in [-0.4, -0.2) is 90.7 Å². The number of β-amino-alcohol motifs (C(OH)–C–C–N with tert-alkyl or cyclic N) is 1. The van der Waals surface area contributed by atoms with Crippen molar-refractivity contribution < 1.29 is 32.7 Å². The standard InChI is InChI=1S/C32H32ClF3N10O4/c33-20-5-15(1-3-19(20)30(50)46-13-31(14-46)7-17(8-31)42-28(48)22-6-18(47)11-39-22)9-41-29(49)27-40-12-23(43-27)24-25(21-4-2-16(37)10-38-21)44-45-26(24)32(34,35)36/h1-5,10,12,17-18,22,39,47H,6-9,11,13-14,37H2,(H,40,43)(H,41,49)(H,42,48)(H,44,45)/t18-,22+/m1/s1. The molecule has 50 heavy (non-hydrogen) atoms. The number of carbonyl (C=O) groups is 3. The second kappa shape index (κ2) is 12.7. The predicted octanol–water partition coefficient (Wildman–Crippen LogP) is 2.49. The number of anilines is 1. The molecule has 2 saturated heterocycles. The molecule has 3 aromatic heterocycles. The largest absolute Gasteiger partial charge is 0.435 e. The van der Waals surface area contributed by atoms with Crippen molar-refractivity contribution in [2.24, 2.45) is 5.41 Å². The highest BCUT2D eigenvalue weighted by Gasteiger charge is 2.54. The molecule has 1 saturated carbocycles. The Morgan fingerprint density at radius 1 is 1.12 bits per heavy atom. The zero-order chi connectivity index (χ0) is 35.4. The smallest absolute Gasteiger partial charge is 0.397 e. The number of nitrogens with two attached hydrogens (primary N) is 1. The highest BCUT2D eigenvalue weighted by molar-refractivity contribution is 6.34. The van der Waals surface area contributed by atoms with Crippen LogP contribution in [0.3, 0.4) is 0 Å². The maximum Gasteiger partial charge on any atom is 0.435 e. The number of benzene rings is 1. The number of likely N-dealkylation sites (tertiary alicyclic amines) is 1. The Morgan fingerprint density at radius 3 is 2.56 bits per heavy atom. The molecule has 3 fully saturated rings. The minimum absolute atomic E-state index is 0.00154. The van der Waals surface area contributed by atoms with Gasteiger partial charge in [0, 0.05) is 37.6 Å². The molecule has 1 spiro atoms. The van der Waals surface area contributed by atoms with Gasteiger partial charge in [-0.2, -0.15) is 18.3 Å². The van der Waals surface area contributed by atoms with Gasteiger partial charge in [-0.05, 0) is 49.1 Å². The zero-order valence-electron chi connectivity index (χ0n) is 26.3. The third-order valence-electron chi connectivity index (χ3n) is 9.32. The van der Waals surface area contributed by atoms with Crippen molar-refractivity contribution in [2.75, 3.05) is 25.4 Å². The van der Waals surface area contributed by atoms with Gasteiger partial charge in [0.25, 0.3) is 11.8 Å². The fourth-order valence-electron chi connectivity index (χ4n) is 6.86. The lowest BCUT2D eigenvalue weighted by Gasteiger charge is -2.59. The first kappa shape index (κ1) is 33.5. The van der Waals surface area contributed by atoms with Crippen molar-refractivity contribution in [1.82, 2.24) is 46.0 Å². The number of H-pyrrole nitrogens is 2. The van der Waals surface area contributed by atoms with Crippen molar-refractivity contribution in [3.05, 3.63) is 70.4 Å². The monoisotopic (exact) mass is 712 g/mol. The molecule has 2 atom stereocenters. The first-order valence-corrected chi connectivity index (χ1v) is 16.2. The van der Waals surface area contributed by atoms with Gasteiger partial charge >= 0.3 is 6.18 Å². The number of aliphatic hydroxyl groups is 1. The molecule has 4 aromatic rings. The minimum Gasteiger partial charge on any atom is -0.397 e. The number of alkyl halides is 3. The number of hydrogen-bond donors (Lipinski definition) is 7. The number of halogens is 4. The maximum absolute atomic E-state index is 13.8. The van der Waals surface area contributed by atoms with Gasteiger partial charge in [0.05, 0.1) is 63.5 Å². The second-order valence-electron chi connectivity index (χ2n) is 13.1. The van der Waals surface area contributed by atoms with Gasteiger partial charge in [-0.15, -0.1) is 0 Å². The molecule has 2 aliphatic heterocycles. The summed E-state index contributed by atoms with van der Waals surface area (Å²) in [6, 6.07) is 7.38. The Labute approximate surface area is 287 Å². The van der Waals surface area contributed by atoms with Gasteiger partial charge in [-0.3, -0.25) is 24.5 Å². The summed E-state index contributed by atoms with van der Waals surface area (Å²) in [5, 5.41) is 24.4. The quantitative estimate of drug-likeness (QED) is 0.143. The molecule has 18 heteroatoms. The van der Waals surface area contributed by atoms with Crippen LogP contribution in [0.25, 0.3) is 22.6 Å². The summed E-state index contributed by atoms with van der Waals surface area (Å²) >= 11 is 6.48. The summed E-state index contributed by atoms with van der Waals surface area (Å²) < 4.78 is 41.5. The van der Waals surface area contributed by atoms with Crippen molar-refractivity contribution >= 4 is 35.0 Å². The van der Waals surface area contributed by atoms with Crippen LogP contribution in [0, 0.1) is 5.41 Å². The van der Waals surface area contributed by atoms with E-state index in [4.69, 9.17) is 17.3 Å². The molecule has 0 radical (unpaired) electrons. The molecule has 0 bridgehead atoms. The molecule has 14 nitrogen and oxygen atoms in total. The molecule has 5 heterocycles. The summed E-state index contributed by atoms with van der Waals surface area (Å²) in [5.74, 6) is -1.25. The van der Waals surface area contributed by atoms with E-state index >= 15 is 0 Å². The minimum atomic E-state index is -4.81. The van der Waals surface area contributed by atoms with E-state index in [1.165, 1.54) is 18.3 Å². The lowest BCUT2D eigenvalue weighted by molar-refractivity contribution is -0.140. The highest BCUT2D eigenvalue weighted by atomic mass is 35.5. The summed E-state index contributed by atoms with van der Waals surface area (Å²) in [4.78, 5) is 50.9. The molecule has 3 aliphatic rings. The third kappa shape index (κ3) is 6.50. The van der Waals surface area contributed by atoms with Crippen LogP contribution in [0.1, 0.15) is 51.5 Å². The normalized spacial score (nSPS) is 20.0. The molecule has 262 valence electrons. The predicted molar refractivity (Wildman–Crippen MR) is 173 cm³/mol. The van der Waals surface area contributed by atoms with Crippen molar-refractivity contribution in [3.63, 3.8) is 0 Å². The summed E-state index contributed by atoms with van der Waals surface area (Å²) in [6.07, 6.45) is -0.978. The van der Waals surface area contributed by atoms with E-state index in [1.54, 1.807) is 23.1 Å². The van der Waals surface area contributed by atoms with Crippen molar-refractivity contribution in [3.8, 4) is 22.6 Å². The number of nitrogen functional groups attached to an aromatic ring is 1. The highest BCUT2D eigenvalue weighted by Crippen LogP contribution is 2.49. The number of imidazole rings is 1. The molecule has 1 aromatic carbocycles. The first-order chi connectivity index (χ1) is 23.8. The zero-order valence-corrected chi connectivity index (χ0v) is 27.0. The maximum atomic E-state index is 13.8. The number of nitrogens with one attached hydrogen (secondary N) is 5. The Bertz CT molecular complexity index is 1950. The van der Waals surface area contributed by atoms with E-state index in [-0.39, 0.29) is 69.4 Å². The Morgan fingerprint density at radius 2 is 1.90 bits per heavy atom. The molecule has 0 unspecified atom stereocenters. The van der Waals surface area contributed by atoms with Gasteiger partial charge < -0.3 is 36.7 Å². The van der Waals surface area contributed by atoms with Crippen LogP contribution in [-0.2, 0) is 17.5 Å². The van der Waals surface area contributed by atoms with Gasteiger partial charge in [-0.1, -0.05) is 17.7 Å². The molecular weight excluding hydrogens is 681 g/mol. The Kier molecular flexibility index (Phi) is 8.52. The number of nitrogens with zero attached hydrogens (tertiary/aromatic N) is 4. The van der Waals surface area contributed by atoms with Crippen LogP contribution in [0.4, 0.5) is 18.9 Å². The number of pyridine rings is 1. The number of carbonyl (C=O) groups excluding carboxylic acids is 3. The molecular formula is C32H32ClF3N10O4. The fourth-order valence-corrected chi connectivity index (χ4v) is 7.15. The average Bonchev–Trinajstić information content (AvgIpc) is 3.80. The lowest BCUT2D eigenvalue weighted by Crippen LogP contribution is -2.68. The topological polar surface area (TPSA) is 207 Å². The lowest BCUT2D eigenvalue weighted by atomic mass is 9.60. The van der Waals surface area contributed by atoms with E-state index < -0.39 is 23.9 Å². The number of aromatic amines is 2. The number of aromatic nitrogens is 5. The summed E-state index contributed by atoms with van der Waals surface area (Å²) in [7, 11) is 0. The number of aliphatic hydroxyl groups excluding tert-OH is 1.